The van der Waals surface area contributed by atoms with Crippen LogP contribution in [0.25, 0.3) is 5.69 Å². The molecular weight excluding hydrogens is 238 g/mol. The number of aromatic nitrogens is 2. The van der Waals surface area contributed by atoms with Crippen molar-refractivity contribution in [2.24, 2.45) is 11.7 Å². The van der Waals surface area contributed by atoms with Crippen molar-refractivity contribution in [3.63, 3.8) is 0 Å². The summed E-state index contributed by atoms with van der Waals surface area (Å²) in [6.45, 7) is 4.98. The topological polar surface area (TPSA) is 53.1 Å². The fraction of sp³-hybridized carbons (Fsp3) is 0.400. The van der Waals surface area contributed by atoms with E-state index in [9.17, 15) is 0 Å². The molecule has 0 radical (unpaired) electrons. The van der Waals surface area contributed by atoms with Gasteiger partial charge in [-0.15, -0.1) is 0 Å². The van der Waals surface area contributed by atoms with Gasteiger partial charge in [0.25, 0.3) is 0 Å². The summed E-state index contributed by atoms with van der Waals surface area (Å²) in [7, 11) is 1.67. The summed E-state index contributed by atoms with van der Waals surface area (Å²) < 4.78 is 7.35. The lowest BCUT2D eigenvalue weighted by molar-refractivity contribution is 0.414. The standard InChI is InChI=1S/C15H21N3O/c1-11(2)14(8-16)15-9-17-10-18(15)12-5-4-6-13(7-12)19-3/h4-7,9-11,14H,8,16H2,1-3H3. The monoisotopic (exact) mass is 259 g/mol. The zero-order chi connectivity index (χ0) is 13.8. The molecule has 0 spiro atoms. The lowest BCUT2D eigenvalue weighted by Crippen LogP contribution is -2.20. The summed E-state index contributed by atoms with van der Waals surface area (Å²) in [5.41, 5.74) is 8.09. The molecule has 2 rings (SSSR count). The Morgan fingerprint density at radius 2 is 2.16 bits per heavy atom. The van der Waals surface area contributed by atoms with Crippen LogP contribution < -0.4 is 10.5 Å². The molecule has 0 aliphatic carbocycles. The van der Waals surface area contributed by atoms with Crippen LogP contribution in [0.15, 0.2) is 36.8 Å². The van der Waals surface area contributed by atoms with Gasteiger partial charge in [0.1, 0.15) is 5.75 Å². The normalized spacial score (nSPS) is 12.7. The predicted octanol–water partition coefficient (Wildman–Crippen LogP) is 2.58. The van der Waals surface area contributed by atoms with Crippen molar-refractivity contribution in [2.45, 2.75) is 19.8 Å². The van der Waals surface area contributed by atoms with Gasteiger partial charge in [-0.3, -0.25) is 0 Å². The van der Waals surface area contributed by atoms with Gasteiger partial charge in [0.05, 0.1) is 19.1 Å². The van der Waals surface area contributed by atoms with Crippen molar-refractivity contribution in [3.8, 4) is 11.4 Å². The molecular formula is C15H21N3O. The van der Waals surface area contributed by atoms with Crippen LogP contribution in [0.4, 0.5) is 0 Å². The molecule has 0 aliphatic heterocycles. The molecule has 19 heavy (non-hydrogen) atoms. The third-order valence-electron chi connectivity index (χ3n) is 3.44. The van der Waals surface area contributed by atoms with E-state index in [4.69, 9.17) is 10.5 Å². The number of benzene rings is 1. The molecule has 1 heterocycles. The highest BCUT2D eigenvalue weighted by molar-refractivity contribution is 5.41. The number of hydrogen-bond donors (Lipinski definition) is 1. The van der Waals surface area contributed by atoms with Gasteiger partial charge in [0, 0.05) is 30.4 Å². The summed E-state index contributed by atoms with van der Waals surface area (Å²) in [6.07, 6.45) is 3.73. The van der Waals surface area contributed by atoms with Gasteiger partial charge in [0.15, 0.2) is 0 Å². The second-order valence-electron chi connectivity index (χ2n) is 4.98. The third-order valence-corrected chi connectivity index (χ3v) is 3.44. The Morgan fingerprint density at radius 3 is 2.79 bits per heavy atom. The Hall–Kier alpha value is -1.81. The van der Waals surface area contributed by atoms with Crippen LogP contribution in [0, 0.1) is 5.92 Å². The average molecular weight is 259 g/mol. The molecule has 0 saturated heterocycles. The van der Waals surface area contributed by atoms with Gasteiger partial charge >= 0.3 is 0 Å². The first kappa shape index (κ1) is 13.6. The molecule has 4 nitrogen and oxygen atoms in total. The van der Waals surface area contributed by atoms with E-state index >= 15 is 0 Å². The first-order chi connectivity index (χ1) is 9.17. The SMILES string of the molecule is COc1cccc(-n2cncc2C(CN)C(C)C)c1. The van der Waals surface area contributed by atoms with Crippen molar-refractivity contribution >= 4 is 0 Å². The van der Waals surface area contributed by atoms with Crippen LogP contribution in [-0.2, 0) is 0 Å². The number of methoxy groups -OCH3 is 1. The predicted molar refractivity (Wildman–Crippen MR) is 76.7 cm³/mol. The molecule has 1 atom stereocenters. The van der Waals surface area contributed by atoms with E-state index in [1.54, 1.807) is 7.11 Å². The maximum atomic E-state index is 5.90. The largest absolute Gasteiger partial charge is 0.497 e. The summed E-state index contributed by atoms with van der Waals surface area (Å²) in [6, 6.07) is 7.95. The van der Waals surface area contributed by atoms with Gasteiger partial charge in [-0.2, -0.15) is 0 Å². The van der Waals surface area contributed by atoms with E-state index in [1.807, 2.05) is 36.8 Å². The molecule has 1 aromatic carbocycles. The molecule has 2 aromatic rings. The van der Waals surface area contributed by atoms with Crippen LogP contribution >= 0.6 is 0 Å². The zero-order valence-corrected chi connectivity index (χ0v) is 11.7. The zero-order valence-electron chi connectivity index (χ0n) is 11.7. The molecule has 4 heteroatoms. The summed E-state index contributed by atoms with van der Waals surface area (Å²) >= 11 is 0. The second kappa shape index (κ2) is 5.89. The smallest absolute Gasteiger partial charge is 0.120 e. The van der Waals surface area contributed by atoms with Crippen LogP contribution in [-0.4, -0.2) is 23.2 Å². The Balaban J connectivity index is 2.43. The maximum absolute atomic E-state index is 5.90. The molecule has 102 valence electrons. The minimum absolute atomic E-state index is 0.300. The van der Waals surface area contributed by atoms with E-state index in [0.717, 1.165) is 17.1 Å². The molecule has 0 bridgehead atoms. The third kappa shape index (κ3) is 2.79. The van der Waals surface area contributed by atoms with Gasteiger partial charge in [-0.05, 0) is 18.1 Å². The Labute approximate surface area is 114 Å². The quantitative estimate of drug-likeness (QED) is 0.898. The van der Waals surface area contributed by atoms with Gasteiger partial charge in [0.2, 0.25) is 0 Å². The van der Waals surface area contributed by atoms with Gasteiger partial charge in [-0.25, -0.2) is 4.98 Å². The number of nitrogens with zero attached hydrogens (tertiary/aromatic N) is 2. The van der Waals surface area contributed by atoms with Crippen LogP contribution in [0.5, 0.6) is 5.75 Å². The lowest BCUT2D eigenvalue weighted by atomic mass is 9.93. The summed E-state index contributed by atoms with van der Waals surface area (Å²) in [5, 5.41) is 0. The van der Waals surface area contributed by atoms with Crippen molar-refractivity contribution < 1.29 is 4.74 Å². The Morgan fingerprint density at radius 1 is 1.37 bits per heavy atom. The van der Waals surface area contributed by atoms with Gasteiger partial charge < -0.3 is 15.0 Å². The van der Waals surface area contributed by atoms with E-state index in [1.165, 1.54) is 0 Å². The van der Waals surface area contributed by atoms with Crippen LogP contribution in [0.1, 0.15) is 25.5 Å². The Bertz CT molecular complexity index is 534. The summed E-state index contributed by atoms with van der Waals surface area (Å²) in [4.78, 5) is 4.27. The van der Waals surface area contributed by atoms with Crippen LogP contribution in [0.2, 0.25) is 0 Å². The molecule has 0 fully saturated rings. The minimum atomic E-state index is 0.300. The maximum Gasteiger partial charge on any atom is 0.120 e. The summed E-state index contributed by atoms with van der Waals surface area (Å²) in [5.74, 6) is 1.62. The van der Waals surface area contributed by atoms with Crippen molar-refractivity contribution in [3.05, 3.63) is 42.5 Å². The van der Waals surface area contributed by atoms with Crippen molar-refractivity contribution in [1.82, 2.24) is 9.55 Å². The van der Waals surface area contributed by atoms with Gasteiger partial charge in [-0.1, -0.05) is 19.9 Å². The highest BCUT2D eigenvalue weighted by Gasteiger charge is 2.18. The highest BCUT2D eigenvalue weighted by atomic mass is 16.5. The average Bonchev–Trinajstić information content (AvgIpc) is 2.88. The highest BCUT2D eigenvalue weighted by Crippen LogP contribution is 2.26. The van der Waals surface area contributed by atoms with Crippen LogP contribution in [0.3, 0.4) is 0 Å². The molecule has 0 saturated carbocycles. The van der Waals surface area contributed by atoms with E-state index in [-0.39, 0.29) is 0 Å². The number of hydrogen-bond acceptors (Lipinski definition) is 3. The Kier molecular flexibility index (Phi) is 4.22. The number of imidazole rings is 1. The fourth-order valence-corrected chi connectivity index (χ4v) is 2.29. The number of rotatable bonds is 5. The lowest BCUT2D eigenvalue weighted by Gasteiger charge is -2.20. The number of ether oxygens (including phenoxy) is 1. The first-order valence-corrected chi connectivity index (χ1v) is 6.54. The first-order valence-electron chi connectivity index (χ1n) is 6.54. The molecule has 0 aliphatic rings. The number of nitrogens with two attached hydrogens (primary N) is 1. The van der Waals surface area contributed by atoms with E-state index < -0.39 is 0 Å². The second-order valence-corrected chi connectivity index (χ2v) is 4.98. The molecule has 1 aromatic heterocycles. The van der Waals surface area contributed by atoms with Crippen molar-refractivity contribution in [2.75, 3.05) is 13.7 Å². The molecule has 2 N–H and O–H groups in total. The minimum Gasteiger partial charge on any atom is -0.497 e. The fourth-order valence-electron chi connectivity index (χ4n) is 2.29. The van der Waals surface area contributed by atoms with Crippen molar-refractivity contribution in [1.29, 1.82) is 0 Å². The van der Waals surface area contributed by atoms with E-state index in [2.05, 4.69) is 23.4 Å². The molecule has 1 unspecified atom stereocenters. The van der Waals surface area contributed by atoms with E-state index in [0.29, 0.717) is 18.4 Å². The molecule has 0 amide bonds.